The molecule has 18 heavy (non-hydrogen) atoms. The van der Waals surface area contributed by atoms with Crippen molar-refractivity contribution >= 4 is 5.97 Å². The topological polar surface area (TPSA) is 56.7 Å². The van der Waals surface area contributed by atoms with E-state index in [1.807, 2.05) is 11.0 Å². The molecular formula is C13H19N3O2. The molecule has 1 saturated heterocycles. The van der Waals surface area contributed by atoms with Gasteiger partial charge < -0.3 is 10.0 Å². The fourth-order valence-electron chi connectivity index (χ4n) is 2.55. The zero-order valence-corrected chi connectivity index (χ0v) is 10.8. The average Bonchev–Trinajstić information content (AvgIpc) is 2.33. The van der Waals surface area contributed by atoms with Gasteiger partial charge in [-0.2, -0.15) is 0 Å². The van der Waals surface area contributed by atoms with Gasteiger partial charge in [0, 0.05) is 38.1 Å². The van der Waals surface area contributed by atoms with E-state index in [9.17, 15) is 9.90 Å². The Kier molecular flexibility index (Phi) is 3.93. The molecular weight excluding hydrogens is 230 g/mol. The number of carboxylic acids is 1. The van der Waals surface area contributed by atoms with Crippen molar-refractivity contribution in [2.45, 2.75) is 19.0 Å². The summed E-state index contributed by atoms with van der Waals surface area (Å²) >= 11 is 0. The number of carbonyl (C=O) groups is 1. The molecule has 1 aromatic rings. The fraction of sp³-hybridized carbons (Fsp3) is 0.538. The number of likely N-dealkylation sites (N-methyl/N-ethyl adjacent to an activating group) is 1. The van der Waals surface area contributed by atoms with E-state index in [1.54, 1.807) is 18.5 Å². The van der Waals surface area contributed by atoms with Crippen LogP contribution in [0.5, 0.6) is 0 Å². The van der Waals surface area contributed by atoms with E-state index in [2.05, 4.69) is 23.9 Å². The largest absolute Gasteiger partial charge is 0.480 e. The summed E-state index contributed by atoms with van der Waals surface area (Å²) in [6.45, 7) is 4.63. The molecule has 5 heteroatoms. The summed E-state index contributed by atoms with van der Waals surface area (Å²) in [4.78, 5) is 19.8. The lowest BCUT2D eigenvalue weighted by Gasteiger charge is -2.41. The van der Waals surface area contributed by atoms with Gasteiger partial charge in [-0.25, -0.2) is 0 Å². The molecule has 98 valence electrons. The highest BCUT2D eigenvalue weighted by atomic mass is 16.4. The van der Waals surface area contributed by atoms with Crippen molar-refractivity contribution in [3.8, 4) is 0 Å². The second-order valence-corrected chi connectivity index (χ2v) is 4.88. The smallest absolute Gasteiger partial charge is 0.325 e. The van der Waals surface area contributed by atoms with Gasteiger partial charge in [-0.3, -0.25) is 14.7 Å². The first-order valence-corrected chi connectivity index (χ1v) is 6.16. The molecule has 1 N–H and O–H groups in total. The quantitative estimate of drug-likeness (QED) is 0.860. The maximum absolute atomic E-state index is 11.5. The van der Waals surface area contributed by atoms with Gasteiger partial charge in [-0.05, 0) is 25.6 Å². The van der Waals surface area contributed by atoms with Crippen LogP contribution in [0.15, 0.2) is 24.5 Å². The number of pyridine rings is 1. The van der Waals surface area contributed by atoms with E-state index in [0.717, 1.165) is 25.2 Å². The lowest BCUT2D eigenvalue weighted by atomic mass is 10.0. The summed E-state index contributed by atoms with van der Waals surface area (Å²) in [6, 6.07) is 3.25. The van der Waals surface area contributed by atoms with Crippen LogP contribution in [-0.2, 0) is 4.79 Å². The standard InChI is InChI=1S/C13H19N3O2/c1-10-9-15(2)6-7-16(10)12(13(17)18)11-4-3-5-14-8-11/h3-5,8,10,12H,6-7,9H2,1-2H3,(H,17,18). The second-order valence-electron chi connectivity index (χ2n) is 4.88. The summed E-state index contributed by atoms with van der Waals surface area (Å²) in [5.41, 5.74) is 0.751. The molecule has 5 nitrogen and oxygen atoms in total. The number of aliphatic carboxylic acids is 1. The molecule has 0 radical (unpaired) electrons. The van der Waals surface area contributed by atoms with Crippen LogP contribution in [0, 0.1) is 0 Å². The number of piperazine rings is 1. The van der Waals surface area contributed by atoms with Crippen LogP contribution in [-0.4, -0.2) is 58.6 Å². The van der Waals surface area contributed by atoms with E-state index < -0.39 is 12.0 Å². The van der Waals surface area contributed by atoms with Crippen molar-refractivity contribution in [3.05, 3.63) is 30.1 Å². The van der Waals surface area contributed by atoms with Crippen molar-refractivity contribution in [1.82, 2.24) is 14.8 Å². The number of aromatic nitrogens is 1. The Morgan fingerprint density at radius 3 is 2.89 bits per heavy atom. The molecule has 0 saturated carbocycles. The molecule has 1 aliphatic rings. The maximum atomic E-state index is 11.5. The van der Waals surface area contributed by atoms with Gasteiger partial charge in [0.15, 0.2) is 0 Å². The molecule has 2 unspecified atom stereocenters. The normalized spacial score (nSPS) is 23.8. The van der Waals surface area contributed by atoms with Crippen LogP contribution in [0.1, 0.15) is 18.5 Å². The van der Waals surface area contributed by atoms with Crippen LogP contribution in [0.3, 0.4) is 0 Å². The van der Waals surface area contributed by atoms with Crippen molar-refractivity contribution in [1.29, 1.82) is 0 Å². The lowest BCUT2D eigenvalue weighted by molar-refractivity contribution is -0.145. The Bertz CT molecular complexity index is 410. The zero-order valence-electron chi connectivity index (χ0n) is 10.8. The summed E-state index contributed by atoms with van der Waals surface area (Å²) in [5.74, 6) is -0.806. The number of hydrogen-bond donors (Lipinski definition) is 1. The lowest BCUT2D eigenvalue weighted by Crippen LogP contribution is -2.53. The Balaban J connectivity index is 2.23. The van der Waals surface area contributed by atoms with Crippen molar-refractivity contribution in [2.24, 2.45) is 0 Å². The molecule has 0 aromatic carbocycles. The molecule has 2 atom stereocenters. The summed E-state index contributed by atoms with van der Waals surface area (Å²) in [5, 5.41) is 9.48. The van der Waals surface area contributed by atoms with Gasteiger partial charge >= 0.3 is 5.97 Å². The Morgan fingerprint density at radius 1 is 1.56 bits per heavy atom. The average molecular weight is 249 g/mol. The highest BCUT2D eigenvalue weighted by Crippen LogP contribution is 2.24. The van der Waals surface area contributed by atoms with E-state index in [-0.39, 0.29) is 6.04 Å². The predicted molar refractivity (Wildman–Crippen MR) is 68.3 cm³/mol. The summed E-state index contributed by atoms with van der Waals surface area (Å²) in [7, 11) is 2.06. The highest BCUT2D eigenvalue weighted by Gasteiger charge is 2.33. The van der Waals surface area contributed by atoms with E-state index in [1.165, 1.54) is 0 Å². The minimum Gasteiger partial charge on any atom is -0.480 e. The predicted octanol–water partition coefficient (Wildman–Crippen LogP) is 0.843. The molecule has 0 spiro atoms. The van der Waals surface area contributed by atoms with E-state index in [4.69, 9.17) is 0 Å². The monoisotopic (exact) mass is 249 g/mol. The highest BCUT2D eigenvalue weighted by molar-refractivity contribution is 5.75. The van der Waals surface area contributed by atoms with Gasteiger partial charge in [-0.1, -0.05) is 6.07 Å². The number of nitrogens with zero attached hydrogens (tertiary/aromatic N) is 3. The summed E-state index contributed by atoms with van der Waals surface area (Å²) in [6.07, 6.45) is 3.31. The van der Waals surface area contributed by atoms with Gasteiger partial charge in [0.2, 0.25) is 0 Å². The molecule has 1 aliphatic heterocycles. The Morgan fingerprint density at radius 2 is 2.33 bits per heavy atom. The molecule has 1 aromatic heterocycles. The SMILES string of the molecule is CC1CN(C)CCN1C(C(=O)O)c1cccnc1. The minimum absolute atomic E-state index is 0.227. The molecule has 1 fully saturated rings. The number of carboxylic acid groups (broad SMARTS) is 1. The zero-order chi connectivity index (χ0) is 13.1. The van der Waals surface area contributed by atoms with E-state index >= 15 is 0 Å². The van der Waals surface area contributed by atoms with Crippen LogP contribution >= 0.6 is 0 Å². The third-order valence-electron chi connectivity index (χ3n) is 3.45. The van der Waals surface area contributed by atoms with Gasteiger partial charge in [0.25, 0.3) is 0 Å². The van der Waals surface area contributed by atoms with Crippen LogP contribution in [0.2, 0.25) is 0 Å². The Hall–Kier alpha value is -1.46. The minimum atomic E-state index is -0.806. The molecule has 2 rings (SSSR count). The van der Waals surface area contributed by atoms with Crippen LogP contribution < -0.4 is 0 Å². The van der Waals surface area contributed by atoms with Gasteiger partial charge in [0.05, 0.1) is 0 Å². The van der Waals surface area contributed by atoms with Crippen LogP contribution in [0.25, 0.3) is 0 Å². The molecule has 0 aliphatic carbocycles. The first-order valence-electron chi connectivity index (χ1n) is 6.16. The van der Waals surface area contributed by atoms with Crippen LogP contribution in [0.4, 0.5) is 0 Å². The second kappa shape index (κ2) is 5.46. The van der Waals surface area contributed by atoms with Crippen molar-refractivity contribution < 1.29 is 9.90 Å². The third-order valence-corrected chi connectivity index (χ3v) is 3.45. The van der Waals surface area contributed by atoms with Crippen molar-refractivity contribution in [3.63, 3.8) is 0 Å². The molecule has 0 bridgehead atoms. The first kappa shape index (κ1) is 13.0. The molecule has 2 heterocycles. The summed E-state index contributed by atoms with van der Waals surface area (Å²) < 4.78 is 0. The first-order chi connectivity index (χ1) is 8.59. The maximum Gasteiger partial charge on any atom is 0.325 e. The van der Waals surface area contributed by atoms with Crippen molar-refractivity contribution in [2.75, 3.05) is 26.7 Å². The molecule has 0 amide bonds. The fourth-order valence-corrected chi connectivity index (χ4v) is 2.55. The third kappa shape index (κ3) is 2.68. The van der Waals surface area contributed by atoms with Gasteiger partial charge in [-0.15, -0.1) is 0 Å². The number of hydrogen-bond acceptors (Lipinski definition) is 4. The van der Waals surface area contributed by atoms with Gasteiger partial charge in [0.1, 0.15) is 6.04 Å². The number of rotatable bonds is 3. The Labute approximate surface area is 107 Å². The van der Waals surface area contributed by atoms with E-state index in [0.29, 0.717) is 0 Å².